The van der Waals surface area contributed by atoms with Gasteiger partial charge in [-0.15, -0.1) is 11.3 Å². The molecule has 0 aliphatic heterocycles. The van der Waals surface area contributed by atoms with Crippen LogP contribution < -0.4 is 5.32 Å². The van der Waals surface area contributed by atoms with Crippen molar-refractivity contribution in [2.45, 2.75) is 6.04 Å². The number of carbonyl (C=O) groups excluding carboxylic acids is 1. The second kappa shape index (κ2) is 6.78. The van der Waals surface area contributed by atoms with Crippen LogP contribution in [0, 0.1) is 0 Å². The zero-order valence-corrected chi connectivity index (χ0v) is 14.0. The highest BCUT2D eigenvalue weighted by molar-refractivity contribution is 7.14. The van der Waals surface area contributed by atoms with Gasteiger partial charge in [-0.25, -0.2) is 4.98 Å². The van der Waals surface area contributed by atoms with Gasteiger partial charge in [-0.3, -0.25) is 10.1 Å². The third kappa shape index (κ3) is 3.25. The van der Waals surface area contributed by atoms with Crippen molar-refractivity contribution in [2.75, 3.05) is 5.32 Å². The van der Waals surface area contributed by atoms with Crippen LogP contribution >= 0.6 is 11.3 Å². The number of furan rings is 1. The lowest BCUT2D eigenvalue weighted by Crippen LogP contribution is -2.26. The van der Waals surface area contributed by atoms with Crippen LogP contribution in [0.5, 0.6) is 0 Å². The van der Waals surface area contributed by atoms with Crippen LogP contribution in [0.3, 0.4) is 0 Å². The highest BCUT2D eigenvalue weighted by Crippen LogP contribution is 2.27. The molecule has 4 aromatic rings. The predicted octanol–water partition coefficient (Wildman–Crippen LogP) is 4.43. The van der Waals surface area contributed by atoms with Crippen LogP contribution in [-0.4, -0.2) is 15.5 Å². The van der Waals surface area contributed by atoms with Crippen LogP contribution in [-0.2, 0) is 4.79 Å². The minimum Gasteiger partial charge on any atom is -0.463 e. The van der Waals surface area contributed by atoms with E-state index < -0.39 is 6.04 Å². The smallest absolute Gasteiger partial charge is 0.253 e. The quantitative estimate of drug-likeness (QED) is 0.580. The molecule has 1 unspecified atom stereocenters. The van der Waals surface area contributed by atoms with Crippen molar-refractivity contribution in [3.8, 4) is 11.5 Å². The number of benzene rings is 1. The second-order valence-corrected chi connectivity index (χ2v) is 6.31. The Hall–Kier alpha value is -3.12. The molecule has 5 nitrogen and oxygen atoms in total. The summed E-state index contributed by atoms with van der Waals surface area (Å²) in [5.41, 5.74) is 1.63. The van der Waals surface area contributed by atoms with E-state index in [9.17, 15) is 4.79 Å². The third-order valence-electron chi connectivity index (χ3n) is 3.80. The van der Waals surface area contributed by atoms with Gasteiger partial charge in [-0.2, -0.15) is 0 Å². The molecule has 1 N–H and O–H groups in total. The minimum atomic E-state index is -0.452. The first-order valence-corrected chi connectivity index (χ1v) is 8.67. The normalized spacial score (nSPS) is 12.0. The standard InChI is InChI=1S/C19H15N3O2S/c23-18(21-19-20-15(13-25-19)16-9-6-12-24-16)17(22-10-4-5-11-22)14-7-2-1-3-8-14/h1-13,17H,(H,20,21,23). The number of nitrogens with zero attached hydrogens (tertiary/aromatic N) is 2. The molecule has 0 saturated carbocycles. The zero-order chi connectivity index (χ0) is 17.1. The monoisotopic (exact) mass is 349 g/mol. The average molecular weight is 349 g/mol. The summed E-state index contributed by atoms with van der Waals surface area (Å²) >= 11 is 1.37. The molecule has 0 fully saturated rings. The minimum absolute atomic E-state index is 0.136. The largest absolute Gasteiger partial charge is 0.463 e. The number of hydrogen-bond acceptors (Lipinski definition) is 4. The maximum atomic E-state index is 12.9. The fraction of sp³-hybridized carbons (Fsp3) is 0.0526. The maximum absolute atomic E-state index is 12.9. The first-order chi connectivity index (χ1) is 12.3. The van der Waals surface area contributed by atoms with E-state index in [1.54, 1.807) is 6.26 Å². The van der Waals surface area contributed by atoms with Crippen molar-refractivity contribution < 1.29 is 9.21 Å². The van der Waals surface area contributed by atoms with E-state index in [-0.39, 0.29) is 5.91 Å². The van der Waals surface area contributed by atoms with Crippen LogP contribution in [0.2, 0.25) is 0 Å². The van der Waals surface area contributed by atoms with Gasteiger partial charge in [-0.05, 0) is 29.8 Å². The summed E-state index contributed by atoms with van der Waals surface area (Å²) in [6, 6.07) is 16.7. The summed E-state index contributed by atoms with van der Waals surface area (Å²) in [5, 5.41) is 5.33. The molecular weight excluding hydrogens is 334 g/mol. The van der Waals surface area contributed by atoms with Gasteiger partial charge < -0.3 is 8.98 Å². The Morgan fingerprint density at radius 2 is 1.88 bits per heavy atom. The fourth-order valence-corrected chi connectivity index (χ4v) is 3.36. The van der Waals surface area contributed by atoms with Crippen LogP contribution in [0.25, 0.3) is 11.5 Å². The number of aromatic nitrogens is 2. The summed E-state index contributed by atoms with van der Waals surface area (Å²) in [5.74, 6) is 0.546. The van der Waals surface area contributed by atoms with Crippen molar-refractivity contribution >= 4 is 22.4 Å². The summed E-state index contributed by atoms with van der Waals surface area (Å²) < 4.78 is 7.22. The lowest BCUT2D eigenvalue weighted by atomic mass is 10.1. The van der Waals surface area contributed by atoms with Gasteiger partial charge in [0.1, 0.15) is 11.7 Å². The number of hydrogen-bond donors (Lipinski definition) is 1. The van der Waals surface area contributed by atoms with E-state index in [1.165, 1.54) is 11.3 Å². The number of rotatable bonds is 5. The first-order valence-electron chi connectivity index (χ1n) is 7.79. The first kappa shape index (κ1) is 15.4. The Bertz CT molecular complexity index is 944. The molecule has 0 aliphatic carbocycles. The molecule has 1 amide bonds. The van der Waals surface area contributed by atoms with E-state index in [0.29, 0.717) is 16.6 Å². The lowest BCUT2D eigenvalue weighted by molar-refractivity contribution is -0.118. The van der Waals surface area contributed by atoms with Crippen LogP contribution in [0.15, 0.2) is 83.1 Å². The molecule has 1 aromatic carbocycles. The third-order valence-corrected chi connectivity index (χ3v) is 4.55. The van der Waals surface area contributed by atoms with Crippen molar-refractivity contribution in [3.63, 3.8) is 0 Å². The van der Waals surface area contributed by atoms with Gasteiger partial charge in [-0.1, -0.05) is 30.3 Å². The molecule has 124 valence electrons. The number of amides is 1. The van der Waals surface area contributed by atoms with Gasteiger partial charge in [0.25, 0.3) is 5.91 Å². The van der Waals surface area contributed by atoms with Gasteiger partial charge in [0, 0.05) is 17.8 Å². The molecule has 0 saturated heterocycles. The molecule has 0 bridgehead atoms. The number of carbonyl (C=O) groups is 1. The maximum Gasteiger partial charge on any atom is 0.253 e. The molecule has 6 heteroatoms. The van der Waals surface area contributed by atoms with Gasteiger partial charge in [0.05, 0.1) is 6.26 Å². The molecule has 3 aromatic heterocycles. The van der Waals surface area contributed by atoms with Gasteiger partial charge in [0.2, 0.25) is 0 Å². The fourth-order valence-electron chi connectivity index (χ4n) is 2.66. The lowest BCUT2D eigenvalue weighted by Gasteiger charge is -2.18. The van der Waals surface area contributed by atoms with E-state index in [2.05, 4.69) is 10.3 Å². The van der Waals surface area contributed by atoms with E-state index in [4.69, 9.17) is 4.42 Å². The summed E-state index contributed by atoms with van der Waals surface area (Å²) in [7, 11) is 0. The molecule has 3 heterocycles. The number of anilines is 1. The molecular formula is C19H15N3O2S. The zero-order valence-electron chi connectivity index (χ0n) is 13.2. The Morgan fingerprint density at radius 3 is 2.60 bits per heavy atom. The van der Waals surface area contributed by atoms with Crippen molar-refractivity contribution in [1.29, 1.82) is 0 Å². The van der Waals surface area contributed by atoms with Crippen molar-refractivity contribution in [2.24, 2.45) is 0 Å². The van der Waals surface area contributed by atoms with Crippen molar-refractivity contribution in [3.05, 3.63) is 84.2 Å². The summed E-state index contributed by atoms with van der Waals surface area (Å²) in [6.07, 6.45) is 5.37. The molecule has 1 atom stereocenters. The highest BCUT2D eigenvalue weighted by atomic mass is 32.1. The summed E-state index contributed by atoms with van der Waals surface area (Å²) in [4.78, 5) is 17.4. The SMILES string of the molecule is O=C(Nc1nc(-c2ccco2)cs1)C(c1ccccc1)n1cccc1. The highest BCUT2D eigenvalue weighted by Gasteiger charge is 2.23. The molecule has 0 spiro atoms. The molecule has 0 aliphatic rings. The second-order valence-electron chi connectivity index (χ2n) is 5.45. The van der Waals surface area contributed by atoms with Gasteiger partial charge in [0.15, 0.2) is 10.9 Å². The van der Waals surface area contributed by atoms with Crippen LogP contribution in [0.4, 0.5) is 5.13 Å². The van der Waals surface area contributed by atoms with E-state index >= 15 is 0 Å². The van der Waals surface area contributed by atoms with Gasteiger partial charge >= 0.3 is 0 Å². The Kier molecular flexibility index (Phi) is 4.18. The molecule has 25 heavy (non-hydrogen) atoms. The molecule has 4 rings (SSSR count). The Morgan fingerprint density at radius 1 is 1.08 bits per heavy atom. The Labute approximate surface area is 148 Å². The van der Waals surface area contributed by atoms with Crippen molar-refractivity contribution in [1.82, 2.24) is 9.55 Å². The van der Waals surface area contributed by atoms with Crippen LogP contribution in [0.1, 0.15) is 11.6 Å². The average Bonchev–Trinajstić information content (AvgIpc) is 3.38. The van der Waals surface area contributed by atoms with E-state index in [0.717, 1.165) is 5.56 Å². The number of thiazole rings is 1. The molecule has 0 radical (unpaired) electrons. The van der Waals surface area contributed by atoms with E-state index in [1.807, 2.05) is 76.9 Å². The topological polar surface area (TPSA) is 60.1 Å². The predicted molar refractivity (Wildman–Crippen MR) is 97.5 cm³/mol. The Balaban J connectivity index is 1.59. The summed E-state index contributed by atoms with van der Waals surface area (Å²) in [6.45, 7) is 0. The number of nitrogens with one attached hydrogen (secondary N) is 1.